The molecule has 0 fully saturated rings. The Morgan fingerprint density at radius 3 is 2.38 bits per heavy atom. The molecule has 3 rings (SSSR count). The van der Waals surface area contributed by atoms with Gasteiger partial charge < -0.3 is 10.4 Å². The van der Waals surface area contributed by atoms with Crippen molar-refractivity contribution in [2.75, 3.05) is 11.9 Å². The first-order chi connectivity index (χ1) is 12.3. The van der Waals surface area contributed by atoms with Gasteiger partial charge in [0.15, 0.2) is 0 Å². The Balaban J connectivity index is 2.07. The van der Waals surface area contributed by atoms with Gasteiger partial charge in [-0.15, -0.1) is 0 Å². The molecule has 0 atom stereocenters. The predicted molar refractivity (Wildman–Crippen MR) is 91.4 cm³/mol. The van der Waals surface area contributed by atoms with Crippen LogP contribution in [0.25, 0.3) is 0 Å². The summed E-state index contributed by atoms with van der Waals surface area (Å²) < 4.78 is 0. The van der Waals surface area contributed by atoms with E-state index in [1.807, 2.05) is 0 Å². The van der Waals surface area contributed by atoms with Crippen LogP contribution in [0.5, 0.6) is 0 Å². The van der Waals surface area contributed by atoms with Crippen LogP contribution >= 0.6 is 11.6 Å². The maximum absolute atomic E-state index is 12.6. The van der Waals surface area contributed by atoms with E-state index in [0.29, 0.717) is 10.5 Å². The molecule has 2 heterocycles. The number of nitrogens with zero attached hydrogens (tertiary/aromatic N) is 2. The number of imide groups is 1. The first-order valence-electron chi connectivity index (χ1n) is 7.45. The molecule has 0 radical (unpaired) electrons. The number of aromatic nitrogens is 1. The van der Waals surface area contributed by atoms with E-state index in [2.05, 4.69) is 10.3 Å². The minimum atomic E-state index is -1.35. The van der Waals surface area contributed by atoms with Gasteiger partial charge in [-0.25, -0.2) is 4.98 Å². The zero-order valence-electron chi connectivity index (χ0n) is 13.4. The number of anilines is 1. The quantitative estimate of drug-likeness (QED) is 0.625. The standard InChI is InChI=1S/C17H12ClN3O5/c1-8-13(20-15(24)9-5-3-2-4-6-9)11-12(14(18)19-8)17(26)21(16(11)25)7-10(22)23/h2-6H,7H2,1H3,(H,20,24)(H,22,23). The Labute approximate surface area is 152 Å². The summed E-state index contributed by atoms with van der Waals surface area (Å²) in [5, 5.41) is 11.3. The number of halogens is 1. The normalized spacial score (nSPS) is 12.9. The zero-order chi connectivity index (χ0) is 19.0. The Kier molecular flexibility index (Phi) is 4.43. The highest BCUT2D eigenvalue weighted by Crippen LogP contribution is 2.35. The van der Waals surface area contributed by atoms with Crippen molar-refractivity contribution in [2.45, 2.75) is 6.92 Å². The molecule has 1 aromatic carbocycles. The number of pyridine rings is 1. The number of carboxylic acids is 1. The molecule has 1 aliphatic rings. The first kappa shape index (κ1) is 17.6. The van der Waals surface area contributed by atoms with Crippen molar-refractivity contribution in [3.8, 4) is 0 Å². The van der Waals surface area contributed by atoms with Gasteiger partial charge in [-0.1, -0.05) is 29.8 Å². The molecule has 0 saturated carbocycles. The number of carboxylic acid groups (broad SMARTS) is 1. The third-order valence-electron chi connectivity index (χ3n) is 3.82. The molecule has 9 heteroatoms. The lowest BCUT2D eigenvalue weighted by Gasteiger charge is -2.12. The molecule has 26 heavy (non-hydrogen) atoms. The number of carbonyl (C=O) groups is 4. The number of rotatable bonds is 4. The lowest BCUT2D eigenvalue weighted by Crippen LogP contribution is -2.34. The number of nitrogens with one attached hydrogen (secondary N) is 1. The Hall–Kier alpha value is -3.26. The molecule has 2 aromatic rings. The van der Waals surface area contributed by atoms with Gasteiger partial charge in [0, 0.05) is 5.56 Å². The van der Waals surface area contributed by atoms with Crippen LogP contribution in [-0.4, -0.2) is 45.2 Å². The molecule has 1 aromatic heterocycles. The highest BCUT2D eigenvalue weighted by Gasteiger charge is 2.42. The fourth-order valence-electron chi connectivity index (χ4n) is 2.65. The average Bonchev–Trinajstić information content (AvgIpc) is 2.84. The molecule has 132 valence electrons. The van der Waals surface area contributed by atoms with Gasteiger partial charge in [-0.2, -0.15) is 0 Å². The zero-order valence-corrected chi connectivity index (χ0v) is 14.2. The molecule has 8 nitrogen and oxygen atoms in total. The van der Waals surface area contributed by atoms with Crippen LogP contribution in [0.2, 0.25) is 5.15 Å². The highest BCUT2D eigenvalue weighted by atomic mass is 35.5. The number of benzene rings is 1. The van der Waals surface area contributed by atoms with E-state index in [9.17, 15) is 19.2 Å². The van der Waals surface area contributed by atoms with E-state index in [1.54, 1.807) is 30.3 Å². The van der Waals surface area contributed by atoms with E-state index < -0.39 is 30.2 Å². The Bertz CT molecular complexity index is 959. The van der Waals surface area contributed by atoms with Gasteiger partial charge in [-0.3, -0.25) is 24.1 Å². The molecule has 1 aliphatic heterocycles. The average molecular weight is 374 g/mol. The maximum atomic E-state index is 12.6. The van der Waals surface area contributed by atoms with Gasteiger partial charge >= 0.3 is 5.97 Å². The second kappa shape index (κ2) is 6.57. The SMILES string of the molecule is Cc1nc(Cl)c2c(c1NC(=O)c1ccccc1)C(=O)N(CC(=O)O)C2=O. The van der Waals surface area contributed by atoms with Gasteiger partial charge in [0.1, 0.15) is 11.7 Å². The summed E-state index contributed by atoms with van der Waals surface area (Å²) >= 11 is 5.99. The molecular weight excluding hydrogens is 362 g/mol. The predicted octanol–water partition coefficient (Wildman–Crippen LogP) is 1.98. The Morgan fingerprint density at radius 2 is 1.77 bits per heavy atom. The number of hydrogen-bond donors (Lipinski definition) is 2. The van der Waals surface area contributed by atoms with Crippen LogP contribution in [0.4, 0.5) is 5.69 Å². The lowest BCUT2D eigenvalue weighted by molar-refractivity contribution is -0.137. The second-order valence-corrected chi connectivity index (χ2v) is 5.88. The number of aryl methyl sites for hydroxylation is 1. The van der Waals surface area contributed by atoms with Gasteiger partial charge in [0.05, 0.1) is 22.5 Å². The summed E-state index contributed by atoms with van der Waals surface area (Å²) in [5.74, 6) is -3.56. The van der Waals surface area contributed by atoms with Crippen molar-refractivity contribution in [2.24, 2.45) is 0 Å². The highest BCUT2D eigenvalue weighted by molar-refractivity contribution is 6.37. The lowest BCUT2D eigenvalue weighted by atomic mass is 10.1. The van der Waals surface area contributed by atoms with Crippen LogP contribution in [-0.2, 0) is 4.79 Å². The van der Waals surface area contributed by atoms with Crippen molar-refractivity contribution >= 4 is 41.0 Å². The number of aliphatic carboxylic acids is 1. The minimum Gasteiger partial charge on any atom is -0.480 e. The van der Waals surface area contributed by atoms with Crippen LogP contribution in [0.15, 0.2) is 30.3 Å². The second-order valence-electron chi connectivity index (χ2n) is 5.52. The van der Waals surface area contributed by atoms with E-state index in [4.69, 9.17) is 16.7 Å². The van der Waals surface area contributed by atoms with E-state index in [0.717, 1.165) is 0 Å². The largest absolute Gasteiger partial charge is 0.480 e. The van der Waals surface area contributed by atoms with Crippen molar-refractivity contribution in [3.05, 3.63) is 57.9 Å². The molecule has 0 bridgehead atoms. The molecule has 0 aliphatic carbocycles. The van der Waals surface area contributed by atoms with Crippen molar-refractivity contribution in [3.63, 3.8) is 0 Å². The van der Waals surface area contributed by atoms with Crippen molar-refractivity contribution < 1.29 is 24.3 Å². The van der Waals surface area contributed by atoms with Crippen LogP contribution in [0.1, 0.15) is 36.8 Å². The molecule has 0 saturated heterocycles. The smallest absolute Gasteiger partial charge is 0.323 e. The molecule has 0 spiro atoms. The number of hydrogen-bond acceptors (Lipinski definition) is 5. The number of carbonyl (C=O) groups excluding carboxylic acids is 3. The summed E-state index contributed by atoms with van der Waals surface area (Å²) in [6, 6.07) is 8.26. The Morgan fingerprint density at radius 1 is 1.15 bits per heavy atom. The summed E-state index contributed by atoms with van der Waals surface area (Å²) in [7, 11) is 0. The van der Waals surface area contributed by atoms with E-state index >= 15 is 0 Å². The minimum absolute atomic E-state index is 0.0319. The number of fused-ring (bicyclic) bond motifs is 1. The number of amides is 3. The van der Waals surface area contributed by atoms with E-state index in [1.165, 1.54) is 6.92 Å². The van der Waals surface area contributed by atoms with Crippen molar-refractivity contribution in [1.29, 1.82) is 0 Å². The summed E-state index contributed by atoms with van der Waals surface area (Å²) in [4.78, 5) is 52.9. The van der Waals surface area contributed by atoms with Crippen LogP contribution in [0, 0.1) is 6.92 Å². The summed E-state index contributed by atoms with van der Waals surface area (Å²) in [6.45, 7) is 0.707. The monoisotopic (exact) mass is 373 g/mol. The molecule has 3 amide bonds. The topological polar surface area (TPSA) is 117 Å². The van der Waals surface area contributed by atoms with Gasteiger partial charge in [-0.05, 0) is 19.1 Å². The van der Waals surface area contributed by atoms with Crippen molar-refractivity contribution in [1.82, 2.24) is 9.88 Å². The maximum Gasteiger partial charge on any atom is 0.323 e. The first-order valence-corrected chi connectivity index (χ1v) is 7.83. The fourth-order valence-corrected chi connectivity index (χ4v) is 2.95. The summed E-state index contributed by atoms with van der Waals surface area (Å²) in [5.41, 5.74) is 0.237. The molecule has 0 unspecified atom stereocenters. The third kappa shape index (κ3) is 2.91. The fraction of sp³-hybridized carbons (Fsp3) is 0.118. The van der Waals surface area contributed by atoms with Gasteiger partial charge in [0.2, 0.25) is 0 Å². The van der Waals surface area contributed by atoms with Crippen LogP contribution in [0.3, 0.4) is 0 Å². The third-order valence-corrected chi connectivity index (χ3v) is 4.09. The van der Waals surface area contributed by atoms with Crippen LogP contribution < -0.4 is 5.32 Å². The van der Waals surface area contributed by atoms with Gasteiger partial charge in [0.25, 0.3) is 17.7 Å². The summed E-state index contributed by atoms with van der Waals surface area (Å²) in [6.07, 6.45) is 0. The molecular formula is C17H12ClN3O5. The molecule has 2 N–H and O–H groups in total. The van der Waals surface area contributed by atoms with E-state index in [-0.39, 0.29) is 27.7 Å².